The Morgan fingerprint density at radius 1 is 1.25 bits per heavy atom. The summed E-state index contributed by atoms with van der Waals surface area (Å²) in [4.78, 5) is 23.5. The number of Topliss-reactive ketones (excluding diaryl/α,β-unsaturated/α-hetero) is 1. The zero-order valence-electron chi connectivity index (χ0n) is 13.1. The Hall–Kier alpha value is -1.48. The van der Waals surface area contributed by atoms with Gasteiger partial charge in [0.05, 0.1) is 4.90 Å². The van der Waals surface area contributed by atoms with Crippen molar-refractivity contribution in [1.82, 2.24) is 4.72 Å². The fraction of sp³-hybridized carbons (Fsp3) is 0.467. The van der Waals surface area contributed by atoms with Crippen molar-refractivity contribution < 1.29 is 22.7 Å². The lowest BCUT2D eigenvalue weighted by Crippen LogP contribution is -2.51. The smallest absolute Gasteiger partial charge is 0.336 e. The number of alkyl halides is 1. The van der Waals surface area contributed by atoms with Gasteiger partial charge >= 0.3 is 5.97 Å². The number of carbonyl (C=O) groups is 2. The molecule has 1 aromatic carbocycles. The molecule has 2 unspecified atom stereocenters. The molecule has 3 N–H and O–H groups in total. The van der Waals surface area contributed by atoms with E-state index in [1.54, 1.807) is 12.1 Å². The summed E-state index contributed by atoms with van der Waals surface area (Å²) in [5.41, 5.74) is 3.65. The fourth-order valence-electron chi connectivity index (χ4n) is 2.32. The number of benzene rings is 1. The molecule has 0 aliphatic carbocycles. The van der Waals surface area contributed by atoms with Gasteiger partial charge in [0.25, 0.3) is 0 Å². The SMILES string of the molecule is Cc1ccc(S(=O)(=O)NCCCCC2(N)C(=O)OC(Cl)C2=O)cc1. The van der Waals surface area contributed by atoms with Crippen LogP contribution in [0, 0.1) is 6.92 Å². The highest BCUT2D eigenvalue weighted by Gasteiger charge is 2.53. The first-order valence-electron chi connectivity index (χ1n) is 7.41. The average Bonchev–Trinajstić information content (AvgIpc) is 2.71. The number of nitrogens with one attached hydrogen (secondary N) is 1. The van der Waals surface area contributed by atoms with E-state index in [1.165, 1.54) is 12.1 Å². The van der Waals surface area contributed by atoms with Gasteiger partial charge in [0.2, 0.25) is 21.4 Å². The van der Waals surface area contributed by atoms with Crippen LogP contribution in [-0.2, 0) is 24.3 Å². The van der Waals surface area contributed by atoms with E-state index in [1.807, 2.05) is 6.92 Å². The van der Waals surface area contributed by atoms with Gasteiger partial charge in [-0.2, -0.15) is 0 Å². The molecule has 1 heterocycles. The molecule has 7 nitrogen and oxygen atoms in total. The van der Waals surface area contributed by atoms with Gasteiger partial charge in [-0.05, 0) is 38.3 Å². The predicted molar refractivity (Wildman–Crippen MR) is 87.9 cm³/mol. The van der Waals surface area contributed by atoms with Crippen LogP contribution in [0.4, 0.5) is 0 Å². The molecule has 0 bridgehead atoms. The van der Waals surface area contributed by atoms with Gasteiger partial charge in [-0.25, -0.2) is 17.9 Å². The summed E-state index contributed by atoms with van der Waals surface area (Å²) < 4.78 is 31.3. The minimum Gasteiger partial charge on any atom is -0.436 e. The first-order chi connectivity index (χ1) is 11.2. The number of sulfonamides is 1. The second kappa shape index (κ2) is 7.18. The topological polar surface area (TPSA) is 116 Å². The Labute approximate surface area is 145 Å². The van der Waals surface area contributed by atoms with E-state index < -0.39 is 32.9 Å². The van der Waals surface area contributed by atoms with Crippen LogP contribution in [0.15, 0.2) is 29.2 Å². The third-order valence-electron chi connectivity index (χ3n) is 3.84. The third-order valence-corrected chi connectivity index (χ3v) is 5.61. The second-order valence-electron chi connectivity index (χ2n) is 5.72. The van der Waals surface area contributed by atoms with Crippen molar-refractivity contribution >= 4 is 33.4 Å². The zero-order valence-corrected chi connectivity index (χ0v) is 14.7. The van der Waals surface area contributed by atoms with Crippen LogP contribution >= 0.6 is 11.6 Å². The minimum absolute atomic E-state index is 0.0557. The number of cyclic esters (lactones) is 1. The van der Waals surface area contributed by atoms with E-state index in [4.69, 9.17) is 17.3 Å². The lowest BCUT2D eigenvalue weighted by atomic mass is 9.91. The number of ketones is 1. The Bertz CT molecular complexity index is 735. The number of unbranched alkanes of at least 4 members (excludes halogenated alkanes) is 1. The average molecular weight is 375 g/mol. The quantitative estimate of drug-likeness (QED) is 0.316. The van der Waals surface area contributed by atoms with Crippen molar-refractivity contribution in [2.24, 2.45) is 5.73 Å². The van der Waals surface area contributed by atoms with Gasteiger partial charge in [-0.15, -0.1) is 0 Å². The summed E-state index contributed by atoms with van der Waals surface area (Å²) in [7, 11) is -3.58. The van der Waals surface area contributed by atoms with Crippen molar-refractivity contribution in [2.45, 2.75) is 42.2 Å². The zero-order chi connectivity index (χ0) is 18.0. The van der Waals surface area contributed by atoms with Crippen LogP contribution in [0.5, 0.6) is 0 Å². The van der Waals surface area contributed by atoms with Crippen LogP contribution in [-0.4, -0.2) is 37.8 Å². The lowest BCUT2D eigenvalue weighted by Gasteiger charge is -2.16. The number of nitrogens with two attached hydrogens (primary N) is 1. The van der Waals surface area contributed by atoms with E-state index in [2.05, 4.69) is 9.46 Å². The number of rotatable bonds is 7. The van der Waals surface area contributed by atoms with Gasteiger partial charge in [0, 0.05) is 6.54 Å². The molecule has 132 valence electrons. The molecule has 24 heavy (non-hydrogen) atoms. The van der Waals surface area contributed by atoms with E-state index in [0.29, 0.717) is 12.8 Å². The van der Waals surface area contributed by atoms with Gasteiger partial charge in [-0.3, -0.25) is 4.79 Å². The largest absolute Gasteiger partial charge is 0.436 e. The number of ether oxygens (including phenoxy) is 1. The molecule has 9 heteroatoms. The van der Waals surface area contributed by atoms with E-state index in [0.717, 1.165) is 5.56 Å². The van der Waals surface area contributed by atoms with Crippen LogP contribution in [0.3, 0.4) is 0 Å². The molecule has 1 fully saturated rings. The lowest BCUT2D eigenvalue weighted by molar-refractivity contribution is -0.143. The highest BCUT2D eigenvalue weighted by molar-refractivity contribution is 7.89. The number of hydrogen-bond donors (Lipinski definition) is 2. The van der Waals surface area contributed by atoms with Crippen LogP contribution < -0.4 is 10.5 Å². The van der Waals surface area contributed by atoms with Gasteiger partial charge in [0.15, 0.2) is 5.54 Å². The number of halogens is 1. The molecule has 1 saturated heterocycles. The first-order valence-corrected chi connectivity index (χ1v) is 9.33. The summed E-state index contributed by atoms with van der Waals surface area (Å²) >= 11 is 5.56. The highest BCUT2D eigenvalue weighted by Crippen LogP contribution is 2.26. The summed E-state index contributed by atoms with van der Waals surface area (Å²) in [6, 6.07) is 6.49. The minimum atomic E-state index is -3.58. The van der Waals surface area contributed by atoms with Gasteiger partial charge in [0.1, 0.15) is 0 Å². The van der Waals surface area contributed by atoms with E-state index in [-0.39, 0.29) is 17.9 Å². The van der Waals surface area contributed by atoms with E-state index in [9.17, 15) is 18.0 Å². The normalized spacial score (nSPS) is 24.2. The summed E-state index contributed by atoms with van der Waals surface area (Å²) in [5.74, 6) is -1.50. The van der Waals surface area contributed by atoms with Crippen molar-refractivity contribution in [3.05, 3.63) is 29.8 Å². The maximum atomic E-state index is 12.1. The van der Waals surface area contributed by atoms with E-state index >= 15 is 0 Å². The third kappa shape index (κ3) is 3.94. The van der Waals surface area contributed by atoms with Crippen LogP contribution in [0.1, 0.15) is 24.8 Å². The Morgan fingerprint density at radius 3 is 2.42 bits per heavy atom. The molecule has 0 radical (unpaired) electrons. The Kier molecular flexibility index (Phi) is 5.64. The molecule has 0 aromatic heterocycles. The molecule has 0 spiro atoms. The van der Waals surface area contributed by atoms with Gasteiger partial charge in [-0.1, -0.05) is 29.3 Å². The predicted octanol–water partition coefficient (Wildman–Crippen LogP) is 0.832. The van der Waals surface area contributed by atoms with Crippen LogP contribution in [0.2, 0.25) is 0 Å². The molecule has 0 amide bonds. The molecular formula is C15H19ClN2O5S. The molecule has 2 rings (SSSR count). The summed E-state index contributed by atoms with van der Waals surface area (Å²) in [5, 5.41) is 0. The fourth-order valence-corrected chi connectivity index (χ4v) is 3.67. The molecule has 1 aliphatic heterocycles. The summed E-state index contributed by atoms with van der Waals surface area (Å²) in [6.07, 6.45) is 0.842. The molecule has 2 atom stereocenters. The maximum Gasteiger partial charge on any atom is 0.336 e. The van der Waals surface area contributed by atoms with Gasteiger partial charge < -0.3 is 10.5 Å². The summed E-state index contributed by atoms with van der Waals surface area (Å²) in [6.45, 7) is 2.03. The molecule has 1 aromatic rings. The highest BCUT2D eigenvalue weighted by atomic mass is 35.5. The monoisotopic (exact) mass is 374 g/mol. The number of esters is 1. The van der Waals surface area contributed by atoms with Crippen molar-refractivity contribution in [2.75, 3.05) is 6.54 Å². The maximum absolute atomic E-state index is 12.1. The molecule has 0 saturated carbocycles. The Balaban J connectivity index is 1.82. The molecular weight excluding hydrogens is 356 g/mol. The molecule has 1 aliphatic rings. The second-order valence-corrected chi connectivity index (χ2v) is 7.89. The number of carbonyl (C=O) groups excluding carboxylic acids is 2. The van der Waals surface area contributed by atoms with Crippen molar-refractivity contribution in [3.63, 3.8) is 0 Å². The van der Waals surface area contributed by atoms with Crippen molar-refractivity contribution in [1.29, 1.82) is 0 Å². The standard InChI is InChI=1S/C15H19ClN2O5S/c1-10-4-6-11(7-5-10)24(21,22)18-9-3-2-8-15(17)12(19)13(16)23-14(15)20/h4-7,13,18H,2-3,8-9,17H2,1H3. The number of hydrogen-bond acceptors (Lipinski definition) is 6. The number of aryl methyl sites for hydroxylation is 1. The first kappa shape index (κ1) is 18.9. The van der Waals surface area contributed by atoms with Crippen molar-refractivity contribution in [3.8, 4) is 0 Å². The van der Waals surface area contributed by atoms with Crippen LogP contribution in [0.25, 0.3) is 0 Å². The Morgan fingerprint density at radius 2 is 1.88 bits per heavy atom.